The molecule has 1 aliphatic heterocycles. The molecule has 3 heterocycles. The van der Waals surface area contributed by atoms with Crippen LogP contribution in [0.15, 0.2) is 59.3 Å². The van der Waals surface area contributed by atoms with Crippen molar-refractivity contribution in [2.75, 3.05) is 25.0 Å². The van der Waals surface area contributed by atoms with Crippen molar-refractivity contribution in [3.05, 3.63) is 66.1 Å². The van der Waals surface area contributed by atoms with Crippen LogP contribution in [0.4, 0.5) is 5.88 Å². The van der Waals surface area contributed by atoms with Gasteiger partial charge in [-0.05, 0) is 43.6 Å². The summed E-state index contributed by atoms with van der Waals surface area (Å²) in [6.45, 7) is 2.83. The first-order valence-electron chi connectivity index (χ1n) is 9.19. The zero-order chi connectivity index (χ0) is 18.5. The molecule has 1 saturated heterocycles. The van der Waals surface area contributed by atoms with Crippen molar-refractivity contribution in [3.8, 4) is 17.5 Å². The Balaban J connectivity index is 1.55. The lowest BCUT2D eigenvalue weighted by Crippen LogP contribution is -2.31. The predicted octanol–water partition coefficient (Wildman–Crippen LogP) is 3.86. The zero-order valence-electron chi connectivity index (χ0n) is 15.0. The van der Waals surface area contributed by atoms with E-state index in [1.807, 2.05) is 18.2 Å². The SMILES string of the molecule is N#Cc1nc(-c2cccnc2)oc1NCC(c1ccccc1)N1CCCC1. The Morgan fingerprint density at radius 2 is 1.96 bits per heavy atom. The molecule has 1 unspecified atom stereocenters. The fourth-order valence-electron chi connectivity index (χ4n) is 3.50. The second kappa shape index (κ2) is 8.02. The molecule has 1 atom stereocenters. The molecule has 0 amide bonds. The van der Waals surface area contributed by atoms with Gasteiger partial charge in [-0.1, -0.05) is 30.3 Å². The summed E-state index contributed by atoms with van der Waals surface area (Å²) in [6, 6.07) is 16.5. The number of anilines is 1. The molecule has 27 heavy (non-hydrogen) atoms. The van der Waals surface area contributed by atoms with E-state index in [1.54, 1.807) is 12.4 Å². The second-order valence-electron chi connectivity index (χ2n) is 6.60. The summed E-state index contributed by atoms with van der Waals surface area (Å²) in [6.07, 6.45) is 5.81. The fourth-order valence-corrected chi connectivity index (χ4v) is 3.50. The van der Waals surface area contributed by atoms with Gasteiger partial charge in [0.1, 0.15) is 6.07 Å². The van der Waals surface area contributed by atoms with E-state index in [0.717, 1.165) is 18.7 Å². The number of likely N-dealkylation sites (tertiary alicyclic amines) is 1. The molecule has 1 aliphatic rings. The average Bonchev–Trinajstić information content (AvgIpc) is 3.40. The molecule has 0 radical (unpaired) electrons. The first-order valence-corrected chi connectivity index (χ1v) is 9.19. The molecule has 6 nitrogen and oxygen atoms in total. The molecule has 0 bridgehead atoms. The van der Waals surface area contributed by atoms with Crippen molar-refractivity contribution in [2.45, 2.75) is 18.9 Å². The van der Waals surface area contributed by atoms with Crippen LogP contribution >= 0.6 is 0 Å². The number of hydrogen-bond donors (Lipinski definition) is 1. The van der Waals surface area contributed by atoms with E-state index in [0.29, 0.717) is 18.3 Å². The lowest BCUT2D eigenvalue weighted by atomic mass is 10.1. The summed E-state index contributed by atoms with van der Waals surface area (Å²) in [5.41, 5.74) is 2.28. The molecular formula is C21H21N5O. The fraction of sp³-hybridized carbons (Fsp3) is 0.286. The van der Waals surface area contributed by atoms with Crippen molar-refractivity contribution in [1.82, 2.24) is 14.9 Å². The van der Waals surface area contributed by atoms with Gasteiger partial charge < -0.3 is 9.73 Å². The minimum absolute atomic E-state index is 0.229. The van der Waals surface area contributed by atoms with Crippen molar-refractivity contribution < 1.29 is 4.42 Å². The number of oxazole rings is 1. The van der Waals surface area contributed by atoms with Gasteiger partial charge in [0.05, 0.1) is 11.6 Å². The molecule has 0 aliphatic carbocycles. The highest BCUT2D eigenvalue weighted by Crippen LogP contribution is 2.28. The molecule has 0 spiro atoms. The van der Waals surface area contributed by atoms with E-state index in [-0.39, 0.29) is 11.7 Å². The van der Waals surface area contributed by atoms with Gasteiger partial charge in [0.15, 0.2) is 0 Å². The molecule has 3 aromatic rings. The van der Waals surface area contributed by atoms with E-state index >= 15 is 0 Å². The summed E-state index contributed by atoms with van der Waals surface area (Å²) < 4.78 is 5.84. The minimum atomic E-state index is 0.229. The normalized spacial score (nSPS) is 15.4. The van der Waals surface area contributed by atoms with Gasteiger partial charge in [-0.15, -0.1) is 0 Å². The van der Waals surface area contributed by atoms with Crippen molar-refractivity contribution in [1.29, 1.82) is 5.26 Å². The Morgan fingerprint density at radius 1 is 1.15 bits per heavy atom. The minimum Gasteiger partial charge on any atom is -0.419 e. The monoisotopic (exact) mass is 359 g/mol. The average molecular weight is 359 g/mol. The topological polar surface area (TPSA) is 78.0 Å². The maximum atomic E-state index is 9.43. The Kier molecular flexibility index (Phi) is 5.13. The van der Waals surface area contributed by atoms with Crippen LogP contribution in [-0.2, 0) is 0 Å². The zero-order valence-corrected chi connectivity index (χ0v) is 15.0. The van der Waals surface area contributed by atoms with Crippen molar-refractivity contribution in [3.63, 3.8) is 0 Å². The van der Waals surface area contributed by atoms with E-state index < -0.39 is 0 Å². The number of nitrogens with one attached hydrogen (secondary N) is 1. The van der Waals surface area contributed by atoms with E-state index in [9.17, 15) is 5.26 Å². The highest BCUT2D eigenvalue weighted by atomic mass is 16.4. The van der Waals surface area contributed by atoms with Crippen LogP contribution < -0.4 is 5.32 Å². The number of nitrogens with zero attached hydrogens (tertiary/aromatic N) is 4. The lowest BCUT2D eigenvalue weighted by Gasteiger charge is -2.28. The quantitative estimate of drug-likeness (QED) is 0.720. The number of benzene rings is 1. The first-order chi connectivity index (χ1) is 13.3. The van der Waals surface area contributed by atoms with Gasteiger partial charge in [0, 0.05) is 18.9 Å². The van der Waals surface area contributed by atoms with Gasteiger partial charge >= 0.3 is 0 Å². The lowest BCUT2D eigenvalue weighted by molar-refractivity contribution is 0.255. The van der Waals surface area contributed by atoms with Gasteiger partial charge in [-0.25, -0.2) is 0 Å². The maximum Gasteiger partial charge on any atom is 0.232 e. The highest BCUT2D eigenvalue weighted by Gasteiger charge is 2.24. The molecule has 1 aromatic carbocycles. The van der Waals surface area contributed by atoms with Crippen LogP contribution in [0.25, 0.3) is 11.5 Å². The summed E-state index contributed by atoms with van der Waals surface area (Å²) in [5.74, 6) is 0.816. The molecular weight excluding hydrogens is 338 g/mol. The molecule has 1 N–H and O–H groups in total. The van der Waals surface area contributed by atoms with Gasteiger partial charge in [0.2, 0.25) is 17.5 Å². The standard InChI is InChI=1S/C21H21N5O/c22-13-18-21(27-20(25-18)17-9-6-10-23-14-17)24-15-19(26-11-4-5-12-26)16-7-2-1-3-8-16/h1-3,6-10,14,19,24H,4-5,11-12,15H2. The Morgan fingerprint density at radius 3 is 2.67 bits per heavy atom. The Hall–Kier alpha value is -3.17. The largest absolute Gasteiger partial charge is 0.419 e. The van der Waals surface area contributed by atoms with Crippen LogP contribution in [-0.4, -0.2) is 34.5 Å². The summed E-state index contributed by atoms with van der Waals surface area (Å²) in [4.78, 5) is 10.9. The van der Waals surface area contributed by atoms with Gasteiger partial charge in [0.25, 0.3) is 0 Å². The third-order valence-corrected chi connectivity index (χ3v) is 4.86. The highest BCUT2D eigenvalue weighted by molar-refractivity contribution is 5.57. The van der Waals surface area contributed by atoms with Crippen LogP contribution in [0.5, 0.6) is 0 Å². The van der Waals surface area contributed by atoms with Gasteiger partial charge in [-0.2, -0.15) is 10.2 Å². The predicted molar refractivity (Wildman–Crippen MR) is 103 cm³/mol. The molecule has 0 saturated carbocycles. The first kappa shape index (κ1) is 17.3. The van der Waals surface area contributed by atoms with Gasteiger partial charge in [-0.3, -0.25) is 9.88 Å². The smallest absolute Gasteiger partial charge is 0.232 e. The third-order valence-electron chi connectivity index (χ3n) is 4.86. The number of hydrogen-bond acceptors (Lipinski definition) is 6. The number of rotatable bonds is 6. The van der Waals surface area contributed by atoms with Crippen LogP contribution in [0.3, 0.4) is 0 Å². The Labute approximate surface area is 158 Å². The third kappa shape index (κ3) is 3.83. The molecule has 6 heteroatoms. The van der Waals surface area contributed by atoms with Crippen LogP contribution in [0.1, 0.15) is 30.1 Å². The molecule has 136 valence electrons. The molecule has 1 fully saturated rings. The van der Waals surface area contributed by atoms with E-state index in [4.69, 9.17) is 4.42 Å². The number of pyridine rings is 1. The van der Waals surface area contributed by atoms with E-state index in [1.165, 1.54) is 18.4 Å². The number of nitriles is 1. The van der Waals surface area contributed by atoms with Crippen LogP contribution in [0.2, 0.25) is 0 Å². The summed E-state index contributed by atoms with van der Waals surface area (Å²) in [5, 5.41) is 12.7. The summed E-state index contributed by atoms with van der Waals surface area (Å²) in [7, 11) is 0. The van der Waals surface area contributed by atoms with Crippen LogP contribution in [0, 0.1) is 11.3 Å². The molecule has 2 aromatic heterocycles. The second-order valence-corrected chi connectivity index (χ2v) is 6.60. The molecule has 4 rings (SSSR count). The van der Waals surface area contributed by atoms with E-state index in [2.05, 4.69) is 50.5 Å². The van der Waals surface area contributed by atoms with Crippen molar-refractivity contribution in [2.24, 2.45) is 0 Å². The maximum absolute atomic E-state index is 9.43. The van der Waals surface area contributed by atoms with Crippen molar-refractivity contribution >= 4 is 5.88 Å². The Bertz CT molecular complexity index is 911. The number of aromatic nitrogens is 2. The summed E-state index contributed by atoms with van der Waals surface area (Å²) >= 11 is 0.